The molecule has 0 aliphatic rings. The summed E-state index contributed by atoms with van der Waals surface area (Å²) in [4.78, 5) is 4.02. The van der Waals surface area contributed by atoms with Gasteiger partial charge in [-0.1, -0.05) is 12.2 Å². The van der Waals surface area contributed by atoms with Crippen molar-refractivity contribution in [3.8, 4) is 0 Å². The van der Waals surface area contributed by atoms with Crippen LogP contribution in [0.3, 0.4) is 0 Å². The summed E-state index contributed by atoms with van der Waals surface area (Å²) in [6.45, 7) is 6.07. The third-order valence-electron chi connectivity index (χ3n) is 1.22. The van der Waals surface area contributed by atoms with E-state index < -0.39 is 0 Å². The van der Waals surface area contributed by atoms with Crippen molar-refractivity contribution in [2.75, 3.05) is 7.05 Å². The molecule has 0 rings (SSSR count). The Morgan fingerprint density at radius 3 is 2.30 bits per heavy atom. The molecule has 10 heavy (non-hydrogen) atoms. The lowest BCUT2D eigenvalue weighted by molar-refractivity contribution is 1.41. The number of aliphatic imine (C=N–C) groups is 1. The zero-order valence-corrected chi connectivity index (χ0v) is 7.18. The summed E-state index contributed by atoms with van der Waals surface area (Å²) in [5.41, 5.74) is 2.31. The molecule has 0 bridgehead atoms. The molecule has 56 valence electrons. The monoisotopic (exact) mass is 137 g/mol. The fraction of sp³-hybridized carbons (Fsp3) is 0.444. The van der Waals surface area contributed by atoms with Crippen molar-refractivity contribution in [3.63, 3.8) is 0 Å². The van der Waals surface area contributed by atoms with Crippen molar-refractivity contribution in [1.29, 1.82) is 0 Å². The van der Waals surface area contributed by atoms with Crippen molar-refractivity contribution in [3.05, 3.63) is 23.8 Å². The third-order valence-corrected chi connectivity index (χ3v) is 1.22. The molecule has 0 radical (unpaired) electrons. The van der Waals surface area contributed by atoms with Crippen LogP contribution in [0.5, 0.6) is 0 Å². The molecule has 0 aliphatic carbocycles. The van der Waals surface area contributed by atoms with Gasteiger partial charge in [0.2, 0.25) is 0 Å². The largest absolute Gasteiger partial charge is 0.293 e. The van der Waals surface area contributed by atoms with Gasteiger partial charge in [-0.15, -0.1) is 0 Å². The molecule has 0 atom stereocenters. The Kier molecular flexibility index (Phi) is 4.55. The first-order chi connectivity index (χ1) is 4.70. The predicted octanol–water partition coefficient (Wildman–Crippen LogP) is 2.60. The van der Waals surface area contributed by atoms with Gasteiger partial charge in [0.05, 0.1) is 0 Å². The molecule has 0 aliphatic heterocycles. The third kappa shape index (κ3) is 4.07. The highest BCUT2D eigenvalue weighted by Gasteiger charge is 1.82. The topological polar surface area (TPSA) is 12.4 Å². The zero-order valence-electron chi connectivity index (χ0n) is 7.18. The zero-order chi connectivity index (χ0) is 7.98. The number of nitrogens with zero attached hydrogens (tertiary/aromatic N) is 1. The van der Waals surface area contributed by atoms with E-state index >= 15 is 0 Å². The molecule has 1 nitrogen and oxygen atoms in total. The summed E-state index contributed by atoms with van der Waals surface area (Å²) in [5, 5.41) is 0. The van der Waals surface area contributed by atoms with Crippen LogP contribution in [0.25, 0.3) is 0 Å². The highest BCUT2D eigenvalue weighted by molar-refractivity contribution is 5.93. The van der Waals surface area contributed by atoms with E-state index in [-0.39, 0.29) is 0 Å². The highest BCUT2D eigenvalue weighted by Crippen LogP contribution is 1.94. The minimum atomic E-state index is 1.07. The Bertz CT molecular complexity index is 173. The van der Waals surface area contributed by atoms with Gasteiger partial charge in [-0.25, -0.2) is 0 Å². The molecule has 0 aromatic carbocycles. The number of allylic oxidation sites excluding steroid dienone is 4. The van der Waals surface area contributed by atoms with Gasteiger partial charge < -0.3 is 0 Å². The SMILES string of the molecule is C/C=C\C(C)=C/C(C)=NC. The average Bonchev–Trinajstić information content (AvgIpc) is 1.88. The fourth-order valence-corrected chi connectivity index (χ4v) is 0.705. The maximum absolute atomic E-state index is 4.02. The van der Waals surface area contributed by atoms with Crippen LogP contribution in [0.15, 0.2) is 28.8 Å². The van der Waals surface area contributed by atoms with Crippen molar-refractivity contribution in [1.82, 2.24) is 0 Å². The van der Waals surface area contributed by atoms with E-state index in [1.54, 1.807) is 7.05 Å². The molecular formula is C9H15N. The lowest BCUT2D eigenvalue weighted by Crippen LogP contribution is -1.84. The average molecular weight is 137 g/mol. The van der Waals surface area contributed by atoms with E-state index in [1.165, 1.54) is 5.57 Å². The molecule has 1 heteroatoms. The number of rotatable bonds is 2. The van der Waals surface area contributed by atoms with Crippen LogP contribution in [-0.4, -0.2) is 12.8 Å². The molecule has 0 aromatic heterocycles. The Morgan fingerprint density at radius 2 is 1.90 bits per heavy atom. The van der Waals surface area contributed by atoms with Gasteiger partial charge in [-0.3, -0.25) is 4.99 Å². The van der Waals surface area contributed by atoms with Crippen molar-refractivity contribution in [2.24, 2.45) is 4.99 Å². The minimum Gasteiger partial charge on any atom is -0.293 e. The van der Waals surface area contributed by atoms with Crippen LogP contribution < -0.4 is 0 Å². The van der Waals surface area contributed by atoms with E-state index in [4.69, 9.17) is 0 Å². The van der Waals surface area contributed by atoms with Crippen molar-refractivity contribution < 1.29 is 0 Å². The molecule has 0 unspecified atom stereocenters. The molecule has 0 N–H and O–H groups in total. The number of hydrogen-bond donors (Lipinski definition) is 0. The Balaban J connectivity index is 4.16. The molecule has 0 aromatic rings. The van der Waals surface area contributed by atoms with Crippen LogP contribution in [0.2, 0.25) is 0 Å². The second-order valence-electron chi connectivity index (χ2n) is 2.25. The van der Waals surface area contributed by atoms with Crippen molar-refractivity contribution >= 4 is 5.71 Å². The molecule has 0 saturated carbocycles. The van der Waals surface area contributed by atoms with Crippen LogP contribution in [0, 0.1) is 0 Å². The maximum Gasteiger partial charge on any atom is 0.0316 e. The fourth-order valence-electron chi connectivity index (χ4n) is 0.705. The van der Waals surface area contributed by atoms with E-state index in [1.807, 2.05) is 19.9 Å². The first kappa shape index (κ1) is 9.15. The summed E-state index contributed by atoms with van der Waals surface area (Å²) in [7, 11) is 1.80. The van der Waals surface area contributed by atoms with Gasteiger partial charge in [0.1, 0.15) is 0 Å². The van der Waals surface area contributed by atoms with E-state index in [9.17, 15) is 0 Å². The maximum atomic E-state index is 4.02. The predicted molar refractivity (Wildman–Crippen MR) is 47.6 cm³/mol. The Morgan fingerprint density at radius 1 is 1.30 bits per heavy atom. The van der Waals surface area contributed by atoms with Crippen LogP contribution >= 0.6 is 0 Å². The second-order valence-corrected chi connectivity index (χ2v) is 2.25. The lowest BCUT2D eigenvalue weighted by Gasteiger charge is -1.90. The first-order valence-corrected chi connectivity index (χ1v) is 3.45. The summed E-state index contributed by atoms with van der Waals surface area (Å²) in [5.74, 6) is 0. The lowest BCUT2D eigenvalue weighted by atomic mass is 10.2. The highest BCUT2D eigenvalue weighted by atomic mass is 14.7. The van der Waals surface area contributed by atoms with Crippen molar-refractivity contribution in [2.45, 2.75) is 20.8 Å². The van der Waals surface area contributed by atoms with E-state index in [0.29, 0.717) is 0 Å². The van der Waals surface area contributed by atoms with Gasteiger partial charge in [0.25, 0.3) is 0 Å². The summed E-state index contributed by atoms with van der Waals surface area (Å²) in [6, 6.07) is 0. The van der Waals surface area contributed by atoms with Crippen LogP contribution in [-0.2, 0) is 0 Å². The quantitative estimate of drug-likeness (QED) is 0.410. The van der Waals surface area contributed by atoms with Gasteiger partial charge in [0, 0.05) is 12.8 Å². The molecule has 0 spiro atoms. The summed E-state index contributed by atoms with van der Waals surface area (Å²) < 4.78 is 0. The molecular weight excluding hydrogens is 122 g/mol. The first-order valence-electron chi connectivity index (χ1n) is 3.45. The normalized spacial score (nSPS) is 14.8. The Labute approximate surface area is 63.2 Å². The van der Waals surface area contributed by atoms with Gasteiger partial charge in [-0.2, -0.15) is 0 Å². The standard InChI is InChI=1S/C9H15N/c1-5-6-8(2)7-9(3)10-4/h5-7H,1-4H3/b6-5-,8-7-,10-9?. The summed E-state index contributed by atoms with van der Waals surface area (Å²) in [6.07, 6.45) is 6.14. The van der Waals surface area contributed by atoms with Crippen LogP contribution in [0.1, 0.15) is 20.8 Å². The second kappa shape index (κ2) is 4.98. The smallest absolute Gasteiger partial charge is 0.0316 e. The molecule has 0 saturated heterocycles. The molecule has 0 fully saturated rings. The molecule has 0 heterocycles. The van der Waals surface area contributed by atoms with E-state index in [2.05, 4.69) is 24.1 Å². The van der Waals surface area contributed by atoms with E-state index in [0.717, 1.165) is 5.71 Å². The number of hydrogen-bond acceptors (Lipinski definition) is 1. The summed E-state index contributed by atoms with van der Waals surface area (Å²) >= 11 is 0. The van der Waals surface area contributed by atoms with Gasteiger partial charge >= 0.3 is 0 Å². The molecule has 0 amide bonds. The minimum absolute atomic E-state index is 1.07. The van der Waals surface area contributed by atoms with Gasteiger partial charge in [-0.05, 0) is 32.4 Å². The van der Waals surface area contributed by atoms with Crippen LogP contribution in [0.4, 0.5) is 0 Å². The van der Waals surface area contributed by atoms with Gasteiger partial charge in [0.15, 0.2) is 0 Å². The Hall–Kier alpha value is -0.850.